The summed E-state index contributed by atoms with van der Waals surface area (Å²) in [5.74, 6) is -0.0698. The quantitative estimate of drug-likeness (QED) is 0.703. The van der Waals surface area contributed by atoms with Crippen molar-refractivity contribution >= 4 is 11.8 Å². The molecule has 0 bridgehead atoms. The Morgan fingerprint density at radius 1 is 1.38 bits per heavy atom. The Labute approximate surface area is 138 Å². The maximum Gasteiger partial charge on any atom is 0.433 e. The van der Waals surface area contributed by atoms with Gasteiger partial charge in [-0.3, -0.25) is 0 Å². The van der Waals surface area contributed by atoms with Gasteiger partial charge in [-0.05, 0) is 18.8 Å². The van der Waals surface area contributed by atoms with E-state index in [1.54, 1.807) is 0 Å². The van der Waals surface area contributed by atoms with Crippen molar-refractivity contribution in [3.05, 3.63) is 11.8 Å². The van der Waals surface area contributed by atoms with Crippen LogP contribution in [0, 0.1) is 5.92 Å². The van der Waals surface area contributed by atoms with Crippen molar-refractivity contribution in [1.82, 2.24) is 9.97 Å². The molecule has 3 N–H and O–H groups in total. The van der Waals surface area contributed by atoms with E-state index < -0.39 is 17.9 Å². The van der Waals surface area contributed by atoms with Crippen molar-refractivity contribution in [3.63, 3.8) is 0 Å². The predicted octanol–water partition coefficient (Wildman–Crippen LogP) is 2.52. The largest absolute Gasteiger partial charge is 0.433 e. The third-order valence-electron chi connectivity index (χ3n) is 3.87. The summed E-state index contributed by atoms with van der Waals surface area (Å²) < 4.78 is 44.6. The lowest BCUT2D eigenvalue weighted by atomic mass is 10.1. The highest BCUT2D eigenvalue weighted by Crippen LogP contribution is 2.30. The van der Waals surface area contributed by atoms with Crippen molar-refractivity contribution in [1.29, 1.82) is 0 Å². The molecule has 0 spiro atoms. The Hall–Kier alpha value is -1.61. The maximum atomic E-state index is 13.0. The summed E-state index contributed by atoms with van der Waals surface area (Å²) in [6.07, 6.45) is -2.78. The summed E-state index contributed by atoms with van der Waals surface area (Å²) >= 11 is 0. The summed E-state index contributed by atoms with van der Waals surface area (Å²) in [7, 11) is 0. The smallest absolute Gasteiger partial charge is 0.394 e. The third kappa shape index (κ3) is 5.20. The topological polar surface area (TPSA) is 79.3 Å². The molecule has 1 aromatic rings. The highest BCUT2D eigenvalue weighted by atomic mass is 19.4. The van der Waals surface area contributed by atoms with Gasteiger partial charge < -0.3 is 20.5 Å². The molecule has 2 atom stereocenters. The first-order chi connectivity index (χ1) is 11.3. The van der Waals surface area contributed by atoms with E-state index in [0.29, 0.717) is 13.2 Å². The van der Waals surface area contributed by atoms with Crippen LogP contribution in [0.4, 0.5) is 24.9 Å². The van der Waals surface area contributed by atoms with Gasteiger partial charge in [-0.1, -0.05) is 13.8 Å². The molecule has 6 nitrogen and oxygen atoms in total. The SMILES string of the molecule is CC(C)[C@H](CO)Nc1nc(NC[C@H]2CCCO2)cc(C(F)(F)F)n1. The molecule has 0 unspecified atom stereocenters. The van der Waals surface area contributed by atoms with E-state index >= 15 is 0 Å². The van der Waals surface area contributed by atoms with Crippen molar-refractivity contribution in [2.45, 2.75) is 45.0 Å². The number of halogens is 3. The number of nitrogens with one attached hydrogen (secondary N) is 2. The first-order valence-corrected chi connectivity index (χ1v) is 7.98. The molecule has 2 rings (SSSR count). The molecule has 1 aromatic heterocycles. The number of aromatic nitrogens is 2. The molecular weight excluding hydrogens is 325 g/mol. The number of hydrogen-bond acceptors (Lipinski definition) is 6. The second-order valence-electron chi connectivity index (χ2n) is 6.15. The number of nitrogens with zero attached hydrogens (tertiary/aromatic N) is 2. The van der Waals surface area contributed by atoms with Crippen LogP contribution in [-0.2, 0) is 10.9 Å². The van der Waals surface area contributed by atoms with E-state index in [1.807, 2.05) is 13.8 Å². The van der Waals surface area contributed by atoms with Gasteiger partial charge in [0, 0.05) is 19.2 Å². The van der Waals surface area contributed by atoms with E-state index in [2.05, 4.69) is 20.6 Å². The van der Waals surface area contributed by atoms with E-state index in [4.69, 9.17) is 4.74 Å². The monoisotopic (exact) mass is 348 g/mol. The summed E-state index contributed by atoms with van der Waals surface area (Å²) in [6.45, 7) is 4.52. The number of hydrogen-bond donors (Lipinski definition) is 3. The Morgan fingerprint density at radius 3 is 2.67 bits per heavy atom. The number of ether oxygens (including phenoxy) is 1. The second-order valence-corrected chi connectivity index (χ2v) is 6.15. The number of alkyl halides is 3. The second kappa shape index (κ2) is 7.98. The number of anilines is 2. The normalized spacial score (nSPS) is 19.5. The fourth-order valence-corrected chi connectivity index (χ4v) is 2.36. The standard InChI is InChI=1S/C15H23F3N4O2/c1-9(2)11(8-23)20-14-21-12(15(16,17)18)6-13(22-14)19-7-10-4-3-5-24-10/h6,9-11,23H,3-5,7-8H2,1-2H3,(H2,19,20,21,22)/t10-,11+/m1/s1. The molecular formula is C15H23F3N4O2. The molecule has 0 aliphatic carbocycles. The highest BCUT2D eigenvalue weighted by Gasteiger charge is 2.34. The molecule has 0 aromatic carbocycles. The van der Waals surface area contributed by atoms with Crippen LogP contribution in [0.5, 0.6) is 0 Å². The van der Waals surface area contributed by atoms with Gasteiger partial charge >= 0.3 is 6.18 Å². The predicted molar refractivity (Wildman–Crippen MR) is 83.8 cm³/mol. The zero-order valence-corrected chi connectivity index (χ0v) is 13.7. The minimum atomic E-state index is -4.58. The maximum absolute atomic E-state index is 13.0. The Kier molecular flexibility index (Phi) is 6.22. The highest BCUT2D eigenvalue weighted by molar-refractivity contribution is 5.43. The molecule has 0 radical (unpaired) electrons. The van der Waals surface area contributed by atoms with Crippen LogP contribution in [0.2, 0.25) is 0 Å². The van der Waals surface area contributed by atoms with Crippen molar-refractivity contribution < 1.29 is 23.0 Å². The molecule has 2 heterocycles. The Bertz CT molecular complexity index is 534. The van der Waals surface area contributed by atoms with E-state index in [-0.39, 0.29) is 30.4 Å². The average Bonchev–Trinajstić information content (AvgIpc) is 3.02. The van der Waals surface area contributed by atoms with E-state index in [9.17, 15) is 18.3 Å². The Morgan fingerprint density at radius 2 is 2.12 bits per heavy atom. The van der Waals surface area contributed by atoms with Gasteiger partial charge in [0.15, 0.2) is 5.69 Å². The van der Waals surface area contributed by atoms with Crippen LogP contribution >= 0.6 is 0 Å². The summed E-state index contributed by atoms with van der Waals surface area (Å²) in [5.41, 5.74) is -1.03. The minimum Gasteiger partial charge on any atom is -0.394 e. The van der Waals surface area contributed by atoms with Gasteiger partial charge in [-0.15, -0.1) is 0 Å². The third-order valence-corrected chi connectivity index (χ3v) is 3.87. The summed E-state index contributed by atoms with van der Waals surface area (Å²) in [4.78, 5) is 7.60. The number of aliphatic hydroxyl groups is 1. The Balaban J connectivity index is 2.17. The van der Waals surface area contributed by atoms with Gasteiger partial charge in [0.25, 0.3) is 0 Å². The van der Waals surface area contributed by atoms with Gasteiger partial charge in [0.1, 0.15) is 5.82 Å². The fraction of sp³-hybridized carbons (Fsp3) is 0.733. The van der Waals surface area contributed by atoms with Crippen molar-refractivity contribution in [3.8, 4) is 0 Å². The van der Waals surface area contributed by atoms with Gasteiger partial charge in [0.05, 0.1) is 18.8 Å². The minimum absolute atomic E-state index is 0.0106. The molecule has 9 heteroatoms. The molecule has 0 saturated carbocycles. The first-order valence-electron chi connectivity index (χ1n) is 7.98. The lowest BCUT2D eigenvalue weighted by molar-refractivity contribution is -0.141. The molecule has 1 fully saturated rings. The molecule has 1 aliphatic heterocycles. The zero-order chi connectivity index (χ0) is 17.7. The van der Waals surface area contributed by atoms with Crippen LogP contribution in [0.15, 0.2) is 6.07 Å². The van der Waals surface area contributed by atoms with Gasteiger partial charge in [-0.25, -0.2) is 4.98 Å². The van der Waals surface area contributed by atoms with Crippen LogP contribution < -0.4 is 10.6 Å². The van der Waals surface area contributed by atoms with Crippen LogP contribution in [0.25, 0.3) is 0 Å². The lowest BCUT2D eigenvalue weighted by Crippen LogP contribution is -2.31. The first kappa shape index (κ1) is 18.7. The molecule has 1 saturated heterocycles. The summed E-state index contributed by atoms with van der Waals surface area (Å²) in [5, 5.41) is 15.0. The molecule has 24 heavy (non-hydrogen) atoms. The zero-order valence-electron chi connectivity index (χ0n) is 13.7. The van der Waals surface area contributed by atoms with Crippen LogP contribution in [0.3, 0.4) is 0 Å². The molecule has 1 aliphatic rings. The van der Waals surface area contributed by atoms with Crippen LogP contribution in [0.1, 0.15) is 32.4 Å². The van der Waals surface area contributed by atoms with Crippen molar-refractivity contribution in [2.24, 2.45) is 5.92 Å². The van der Waals surface area contributed by atoms with Crippen LogP contribution in [-0.4, -0.2) is 47.0 Å². The van der Waals surface area contributed by atoms with Crippen molar-refractivity contribution in [2.75, 3.05) is 30.4 Å². The molecule has 0 amide bonds. The summed E-state index contributed by atoms with van der Waals surface area (Å²) in [6, 6.07) is 0.447. The molecule has 136 valence electrons. The number of aliphatic hydroxyl groups excluding tert-OH is 1. The van der Waals surface area contributed by atoms with Gasteiger partial charge in [-0.2, -0.15) is 18.2 Å². The van der Waals surface area contributed by atoms with Gasteiger partial charge in [0.2, 0.25) is 5.95 Å². The average molecular weight is 348 g/mol. The van der Waals surface area contributed by atoms with E-state index in [1.165, 1.54) is 0 Å². The number of rotatable bonds is 7. The lowest BCUT2D eigenvalue weighted by Gasteiger charge is -2.21. The van der Waals surface area contributed by atoms with E-state index in [0.717, 1.165) is 18.9 Å². The fourth-order valence-electron chi connectivity index (χ4n) is 2.36.